The first-order valence-corrected chi connectivity index (χ1v) is 10.5. The van der Waals surface area contributed by atoms with E-state index in [1.165, 1.54) is 13.8 Å². The van der Waals surface area contributed by atoms with Gasteiger partial charge in [0.05, 0.1) is 6.20 Å². The highest BCUT2D eigenvalue weighted by Gasteiger charge is 2.37. The number of oxime groups is 1. The van der Waals surface area contributed by atoms with Crippen LogP contribution >= 0.6 is 0 Å². The van der Waals surface area contributed by atoms with Gasteiger partial charge in [-0.05, 0) is 55.4 Å². The molecule has 14 nitrogen and oxygen atoms in total. The number of esters is 1. The molecule has 1 aromatic rings. The summed E-state index contributed by atoms with van der Waals surface area (Å²) in [5, 5.41) is 16.6. The average Bonchev–Trinajstić information content (AvgIpc) is 3.09. The molecule has 0 spiro atoms. The molecular weight excluding hydrogens is 450 g/mol. The Balaban J connectivity index is 2.25. The largest absolute Gasteiger partial charge is 0.457 e. The molecule has 0 aliphatic carbocycles. The van der Waals surface area contributed by atoms with Gasteiger partial charge in [-0.1, -0.05) is 10.1 Å². The van der Waals surface area contributed by atoms with E-state index in [1.54, 1.807) is 41.5 Å². The molecule has 0 saturated carbocycles. The molecular formula is C20H31N7O7. The molecule has 14 heteroatoms. The molecule has 1 unspecified atom stereocenters. The van der Waals surface area contributed by atoms with Gasteiger partial charge in [0, 0.05) is 6.54 Å². The maximum absolute atomic E-state index is 12.8. The first-order chi connectivity index (χ1) is 15.5. The number of carbonyl (C=O) groups excluding carboxylic acids is 4. The van der Waals surface area contributed by atoms with Crippen LogP contribution in [0.4, 0.5) is 4.79 Å². The first-order valence-electron chi connectivity index (χ1n) is 10.5. The summed E-state index contributed by atoms with van der Waals surface area (Å²) in [7, 11) is 0. The molecule has 3 N–H and O–H groups in total. The van der Waals surface area contributed by atoms with Crippen LogP contribution in [0.25, 0.3) is 0 Å². The van der Waals surface area contributed by atoms with E-state index in [4.69, 9.17) is 14.3 Å². The summed E-state index contributed by atoms with van der Waals surface area (Å²) in [6.07, 6.45) is 0.312. The predicted molar refractivity (Wildman–Crippen MR) is 118 cm³/mol. The fourth-order valence-electron chi connectivity index (χ4n) is 2.24. The van der Waals surface area contributed by atoms with E-state index in [0.717, 1.165) is 11.1 Å². The van der Waals surface area contributed by atoms with Crippen molar-refractivity contribution < 1.29 is 33.5 Å². The lowest BCUT2D eigenvalue weighted by atomic mass is 10.1. The molecule has 0 aromatic carbocycles. The van der Waals surface area contributed by atoms with Gasteiger partial charge in [-0.3, -0.25) is 9.59 Å². The number of nitrogens with zero attached hydrogens (tertiary/aromatic N) is 4. The number of ether oxygens (including phenoxy) is 2. The van der Waals surface area contributed by atoms with Gasteiger partial charge in [-0.2, -0.15) is 5.43 Å². The lowest BCUT2D eigenvalue weighted by molar-refractivity contribution is -0.179. The van der Waals surface area contributed by atoms with Gasteiger partial charge in [0.15, 0.2) is 5.71 Å². The van der Waals surface area contributed by atoms with Crippen LogP contribution in [0.15, 0.2) is 11.4 Å². The molecule has 2 heterocycles. The van der Waals surface area contributed by atoms with Crippen LogP contribution in [-0.4, -0.2) is 74.1 Å². The minimum absolute atomic E-state index is 0.103. The minimum Gasteiger partial charge on any atom is -0.457 e. The zero-order valence-electron chi connectivity index (χ0n) is 20.5. The summed E-state index contributed by atoms with van der Waals surface area (Å²) < 4.78 is 10.4. The average molecular weight is 482 g/mol. The van der Waals surface area contributed by atoms with Crippen molar-refractivity contribution in [2.75, 3.05) is 12.0 Å². The van der Waals surface area contributed by atoms with Crippen molar-refractivity contribution in [3.8, 4) is 0 Å². The lowest BCUT2D eigenvalue weighted by Gasteiger charge is -2.27. The Morgan fingerprint density at radius 3 is 2.21 bits per heavy atom. The van der Waals surface area contributed by atoms with Gasteiger partial charge in [0.1, 0.15) is 22.9 Å². The lowest BCUT2D eigenvalue weighted by Crippen LogP contribution is -2.62. The molecule has 1 fully saturated rings. The maximum Gasteiger partial charge on any atom is 0.429 e. The molecule has 2 rings (SSSR count). The molecule has 1 atom stereocenters. The Labute approximate surface area is 196 Å². The van der Waals surface area contributed by atoms with E-state index in [-0.39, 0.29) is 23.9 Å². The van der Waals surface area contributed by atoms with Gasteiger partial charge in [0.2, 0.25) is 11.5 Å². The quantitative estimate of drug-likeness (QED) is 0.213. The zero-order valence-corrected chi connectivity index (χ0v) is 20.5. The van der Waals surface area contributed by atoms with Crippen LogP contribution < -0.4 is 16.1 Å². The molecule has 34 heavy (non-hydrogen) atoms. The fraction of sp³-hybridized carbons (Fsp3) is 0.650. The number of hydrogen-bond donors (Lipinski definition) is 3. The van der Waals surface area contributed by atoms with Crippen LogP contribution in [0, 0.1) is 0 Å². The van der Waals surface area contributed by atoms with E-state index in [1.807, 2.05) is 0 Å². The number of aromatic nitrogens is 3. The van der Waals surface area contributed by atoms with Crippen LogP contribution in [0.3, 0.4) is 0 Å². The van der Waals surface area contributed by atoms with Crippen molar-refractivity contribution in [3.05, 3.63) is 11.9 Å². The van der Waals surface area contributed by atoms with Crippen molar-refractivity contribution in [3.63, 3.8) is 0 Å². The third kappa shape index (κ3) is 7.71. The van der Waals surface area contributed by atoms with Gasteiger partial charge >= 0.3 is 12.1 Å². The summed E-state index contributed by atoms with van der Waals surface area (Å²) >= 11 is 0. The van der Waals surface area contributed by atoms with Gasteiger partial charge < -0.3 is 24.9 Å². The summed E-state index contributed by atoms with van der Waals surface area (Å²) in [4.78, 5) is 54.9. The van der Waals surface area contributed by atoms with Crippen molar-refractivity contribution in [2.24, 2.45) is 5.16 Å². The third-order valence-electron chi connectivity index (χ3n) is 3.90. The molecule has 1 saturated heterocycles. The maximum atomic E-state index is 12.8. The third-order valence-corrected chi connectivity index (χ3v) is 3.90. The SMILES string of the molecule is CC(C)(C)OC(=O)Nn1ncc(/C(=N/OC(C)(C)C(=O)OC(C)(C)C)C(=O)NC2CNC2=O)n1. The van der Waals surface area contributed by atoms with Gasteiger partial charge in [-0.15, -0.1) is 10.2 Å². The zero-order chi connectivity index (χ0) is 25.9. The van der Waals surface area contributed by atoms with Gasteiger partial charge in [0.25, 0.3) is 5.91 Å². The first kappa shape index (κ1) is 26.5. The highest BCUT2D eigenvalue weighted by atomic mass is 16.7. The number of nitrogens with one attached hydrogen (secondary N) is 3. The molecule has 1 aliphatic heterocycles. The number of hydrogen-bond acceptors (Lipinski definition) is 10. The summed E-state index contributed by atoms with van der Waals surface area (Å²) in [6.45, 7) is 13.2. The highest BCUT2D eigenvalue weighted by molar-refractivity contribution is 6.45. The van der Waals surface area contributed by atoms with E-state index in [9.17, 15) is 19.2 Å². The van der Waals surface area contributed by atoms with Crippen LogP contribution in [-0.2, 0) is 28.7 Å². The Kier molecular flexibility index (Phi) is 7.53. The van der Waals surface area contributed by atoms with Crippen LogP contribution in [0.1, 0.15) is 61.1 Å². The van der Waals surface area contributed by atoms with Crippen molar-refractivity contribution >= 4 is 29.6 Å². The Morgan fingerprint density at radius 1 is 1.09 bits per heavy atom. The smallest absolute Gasteiger partial charge is 0.429 e. The summed E-state index contributed by atoms with van der Waals surface area (Å²) in [5.41, 5.74) is -1.30. The number of β-lactam (4-membered cyclic amide) rings is 1. The molecule has 3 amide bonds. The second-order valence-corrected chi connectivity index (χ2v) is 9.95. The molecule has 0 bridgehead atoms. The van der Waals surface area contributed by atoms with Crippen molar-refractivity contribution in [1.82, 2.24) is 25.7 Å². The Bertz CT molecular complexity index is 986. The number of amides is 3. The second-order valence-electron chi connectivity index (χ2n) is 9.95. The van der Waals surface area contributed by atoms with Gasteiger partial charge in [-0.25, -0.2) is 9.59 Å². The van der Waals surface area contributed by atoms with E-state index in [2.05, 4.69) is 31.4 Å². The molecule has 1 aromatic heterocycles. The van der Waals surface area contributed by atoms with Crippen LogP contribution in [0.2, 0.25) is 0 Å². The number of rotatable bonds is 7. The molecule has 188 valence electrons. The van der Waals surface area contributed by atoms with E-state index in [0.29, 0.717) is 0 Å². The fourth-order valence-corrected chi connectivity index (χ4v) is 2.24. The predicted octanol–water partition coefficient (Wildman–Crippen LogP) is 0.212. The Morgan fingerprint density at radius 2 is 1.71 bits per heavy atom. The second kappa shape index (κ2) is 9.65. The monoisotopic (exact) mass is 481 g/mol. The van der Waals surface area contributed by atoms with Crippen molar-refractivity contribution in [1.29, 1.82) is 0 Å². The van der Waals surface area contributed by atoms with Crippen LogP contribution in [0.5, 0.6) is 0 Å². The molecule has 1 aliphatic rings. The Hall–Kier alpha value is -3.71. The highest BCUT2D eigenvalue weighted by Crippen LogP contribution is 2.18. The summed E-state index contributed by atoms with van der Waals surface area (Å²) in [6, 6.07) is -0.758. The normalized spacial score (nSPS) is 16.6. The van der Waals surface area contributed by atoms with Crippen molar-refractivity contribution in [2.45, 2.75) is 78.2 Å². The minimum atomic E-state index is -1.56. The standard InChI is InChI=1S/C20H31N7O7/c1-18(2,3)32-16(30)20(7,8)34-26-13(15(29)23-12-9-21-14(12)28)11-10-22-27(24-11)25-17(31)33-19(4,5)6/h10,12H,9H2,1-8H3,(H,21,28)(H,23,29)(H,25,31)/b26-13-. The molecule has 0 radical (unpaired) electrons. The number of carbonyl (C=O) groups is 4. The topological polar surface area (TPSA) is 175 Å². The van der Waals surface area contributed by atoms with E-state index >= 15 is 0 Å². The van der Waals surface area contributed by atoms with E-state index < -0.39 is 40.8 Å². The summed E-state index contributed by atoms with van der Waals surface area (Å²) in [5.74, 6) is -1.88.